The molecule has 2 aliphatic carbocycles. The summed E-state index contributed by atoms with van der Waals surface area (Å²) in [5.41, 5.74) is 4.93. The fraction of sp³-hybridized carbons (Fsp3) is 0.625. The molecule has 0 radical (unpaired) electrons. The molecule has 0 unspecified atom stereocenters. The van der Waals surface area contributed by atoms with Crippen molar-refractivity contribution in [3.8, 4) is 0 Å². The predicted molar refractivity (Wildman–Crippen MR) is 72.0 cm³/mol. The number of hydrogen-bond acceptors (Lipinski definition) is 2. The average molecular weight is 243 g/mol. The molecule has 96 valence electrons. The van der Waals surface area contributed by atoms with E-state index in [0.29, 0.717) is 0 Å². The lowest BCUT2D eigenvalue weighted by Crippen LogP contribution is -2.53. The van der Waals surface area contributed by atoms with Gasteiger partial charge in [-0.15, -0.1) is 0 Å². The van der Waals surface area contributed by atoms with Crippen LogP contribution in [0.15, 0.2) is 18.2 Å². The van der Waals surface area contributed by atoms with Gasteiger partial charge in [0.25, 0.3) is 0 Å². The lowest BCUT2D eigenvalue weighted by Gasteiger charge is -2.42. The van der Waals surface area contributed by atoms with Crippen molar-refractivity contribution in [2.45, 2.75) is 43.6 Å². The van der Waals surface area contributed by atoms with Crippen LogP contribution in [-0.2, 0) is 23.0 Å². The summed E-state index contributed by atoms with van der Waals surface area (Å²) in [4.78, 5) is 0. The molecule has 18 heavy (non-hydrogen) atoms. The van der Waals surface area contributed by atoms with E-state index in [1.807, 2.05) is 0 Å². The van der Waals surface area contributed by atoms with Gasteiger partial charge in [-0.25, -0.2) is 0 Å². The maximum Gasteiger partial charge on any atom is 0.0598 e. The number of ether oxygens (including phenoxy) is 1. The lowest BCUT2D eigenvalue weighted by molar-refractivity contribution is -0.0592. The monoisotopic (exact) mass is 243 g/mol. The zero-order chi connectivity index (χ0) is 12.0. The first-order valence-electron chi connectivity index (χ1n) is 7.29. The molecule has 1 aliphatic heterocycles. The first-order chi connectivity index (χ1) is 8.86. The van der Waals surface area contributed by atoms with Gasteiger partial charge in [0.05, 0.1) is 18.6 Å². The summed E-state index contributed by atoms with van der Waals surface area (Å²) in [5.74, 6) is 0. The Hall–Kier alpha value is -0.860. The largest absolute Gasteiger partial charge is 0.379 e. The molecular weight excluding hydrogens is 222 g/mol. The Morgan fingerprint density at radius 1 is 1.17 bits per heavy atom. The minimum Gasteiger partial charge on any atom is -0.379 e. The predicted octanol–water partition coefficient (Wildman–Crippen LogP) is 2.20. The molecule has 0 bridgehead atoms. The van der Waals surface area contributed by atoms with Gasteiger partial charge in [0.2, 0.25) is 0 Å². The third-order valence-corrected chi connectivity index (χ3v) is 4.77. The minimum absolute atomic E-state index is 0.264. The smallest absolute Gasteiger partial charge is 0.0598 e. The van der Waals surface area contributed by atoms with Crippen LogP contribution >= 0.6 is 0 Å². The SMILES string of the molecule is c1cc2c(cc1C1(CNC3CC3)COC1)CCC2. The molecule has 3 aliphatic rings. The Labute approximate surface area is 109 Å². The highest BCUT2D eigenvalue weighted by atomic mass is 16.5. The first kappa shape index (κ1) is 11.0. The molecule has 2 nitrogen and oxygen atoms in total. The van der Waals surface area contributed by atoms with Crippen molar-refractivity contribution in [3.63, 3.8) is 0 Å². The van der Waals surface area contributed by atoms with Gasteiger partial charge in [-0.05, 0) is 48.8 Å². The minimum atomic E-state index is 0.264. The molecule has 0 spiro atoms. The van der Waals surface area contributed by atoms with Crippen molar-refractivity contribution < 1.29 is 4.74 Å². The van der Waals surface area contributed by atoms with Crippen molar-refractivity contribution in [2.75, 3.05) is 19.8 Å². The van der Waals surface area contributed by atoms with Gasteiger partial charge >= 0.3 is 0 Å². The van der Waals surface area contributed by atoms with E-state index in [4.69, 9.17) is 4.74 Å². The second-order valence-electron chi connectivity index (χ2n) is 6.27. The second-order valence-corrected chi connectivity index (χ2v) is 6.27. The normalized spacial score (nSPS) is 24.7. The Kier molecular flexibility index (Phi) is 2.49. The van der Waals surface area contributed by atoms with Crippen LogP contribution in [0.2, 0.25) is 0 Å². The van der Waals surface area contributed by atoms with Crippen LogP contribution in [0.25, 0.3) is 0 Å². The highest BCUT2D eigenvalue weighted by Crippen LogP contribution is 2.35. The maximum atomic E-state index is 5.52. The zero-order valence-corrected chi connectivity index (χ0v) is 10.9. The van der Waals surface area contributed by atoms with Crippen LogP contribution in [0.3, 0.4) is 0 Å². The summed E-state index contributed by atoms with van der Waals surface area (Å²) in [6.07, 6.45) is 6.61. The van der Waals surface area contributed by atoms with E-state index in [-0.39, 0.29) is 5.41 Å². The van der Waals surface area contributed by atoms with E-state index in [9.17, 15) is 0 Å². The standard InChI is InChI=1S/C16H21NO/c1-2-12-4-5-14(8-13(12)3-1)16(10-18-11-16)9-17-15-6-7-15/h4-5,8,15,17H,1-3,6-7,9-11H2. The van der Waals surface area contributed by atoms with Crippen LogP contribution in [0, 0.1) is 0 Å². The molecule has 0 aromatic heterocycles. The van der Waals surface area contributed by atoms with Crippen molar-refractivity contribution >= 4 is 0 Å². The van der Waals surface area contributed by atoms with Gasteiger partial charge in [0.1, 0.15) is 0 Å². The molecule has 1 heterocycles. The Morgan fingerprint density at radius 3 is 2.72 bits per heavy atom. The summed E-state index contributed by atoms with van der Waals surface area (Å²) in [6, 6.07) is 7.95. The van der Waals surface area contributed by atoms with Crippen LogP contribution in [0.4, 0.5) is 0 Å². The molecule has 1 saturated carbocycles. The quantitative estimate of drug-likeness (QED) is 0.875. The summed E-state index contributed by atoms with van der Waals surface area (Å²) in [7, 11) is 0. The molecule has 1 saturated heterocycles. The number of fused-ring (bicyclic) bond motifs is 1. The van der Waals surface area contributed by atoms with Crippen LogP contribution in [0.5, 0.6) is 0 Å². The number of nitrogens with one attached hydrogen (secondary N) is 1. The van der Waals surface area contributed by atoms with Crippen LogP contribution in [-0.4, -0.2) is 25.8 Å². The number of hydrogen-bond donors (Lipinski definition) is 1. The third kappa shape index (κ3) is 1.79. The van der Waals surface area contributed by atoms with Crippen molar-refractivity contribution in [1.29, 1.82) is 0 Å². The molecule has 1 aromatic carbocycles. The first-order valence-corrected chi connectivity index (χ1v) is 7.29. The topological polar surface area (TPSA) is 21.3 Å². The van der Waals surface area contributed by atoms with Gasteiger partial charge < -0.3 is 10.1 Å². The lowest BCUT2D eigenvalue weighted by atomic mass is 9.77. The van der Waals surface area contributed by atoms with E-state index < -0.39 is 0 Å². The van der Waals surface area contributed by atoms with E-state index >= 15 is 0 Å². The molecule has 4 rings (SSSR count). The Morgan fingerprint density at radius 2 is 2.00 bits per heavy atom. The summed E-state index contributed by atoms with van der Waals surface area (Å²) in [6.45, 7) is 2.88. The van der Waals surface area contributed by atoms with Crippen LogP contribution in [0.1, 0.15) is 36.0 Å². The maximum absolute atomic E-state index is 5.52. The molecule has 1 aromatic rings. The number of benzene rings is 1. The van der Waals surface area contributed by atoms with Gasteiger partial charge in [0, 0.05) is 12.6 Å². The van der Waals surface area contributed by atoms with Crippen molar-refractivity contribution in [2.24, 2.45) is 0 Å². The van der Waals surface area contributed by atoms with E-state index in [2.05, 4.69) is 23.5 Å². The fourth-order valence-corrected chi connectivity index (χ4v) is 3.25. The van der Waals surface area contributed by atoms with Gasteiger partial charge in [-0.2, -0.15) is 0 Å². The van der Waals surface area contributed by atoms with Gasteiger partial charge in [0.15, 0.2) is 0 Å². The van der Waals surface area contributed by atoms with Crippen LogP contribution < -0.4 is 5.32 Å². The molecule has 2 fully saturated rings. The van der Waals surface area contributed by atoms with Gasteiger partial charge in [-0.1, -0.05) is 18.2 Å². The van der Waals surface area contributed by atoms with Crippen molar-refractivity contribution in [3.05, 3.63) is 34.9 Å². The average Bonchev–Trinajstić information content (AvgIpc) is 3.04. The van der Waals surface area contributed by atoms with E-state index in [1.165, 1.54) is 37.7 Å². The highest BCUT2D eigenvalue weighted by Gasteiger charge is 2.41. The van der Waals surface area contributed by atoms with Gasteiger partial charge in [-0.3, -0.25) is 0 Å². The zero-order valence-electron chi connectivity index (χ0n) is 10.9. The molecule has 0 amide bonds. The summed E-state index contributed by atoms with van der Waals surface area (Å²) in [5, 5.41) is 3.69. The summed E-state index contributed by atoms with van der Waals surface area (Å²) >= 11 is 0. The number of rotatable bonds is 4. The third-order valence-electron chi connectivity index (χ3n) is 4.77. The fourth-order valence-electron chi connectivity index (χ4n) is 3.25. The molecule has 0 atom stereocenters. The second kappa shape index (κ2) is 4.07. The van der Waals surface area contributed by atoms with Crippen molar-refractivity contribution in [1.82, 2.24) is 5.32 Å². The molecule has 1 N–H and O–H groups in total. The van der Waals surface area contributed by atoms with E-state index in [1.54, 1.807) is 11.1 Å². The molecule has 2 heteroatoms. The molecular formula is C16H21NO. The highest BCUT2D eigenvalue weighted by molar-refractivity contribution is 5.40. The Balaban J connectivity index is 1.58. The Bertz CT molecular complexity index is 460. The van der Waals surface area contributed by atoms with E-state index in [0.717, 1.165) is 25.8 Å². The number of aryl methyl sites for hydroxylation is 2. The summed E-state index contributed by atoms with van der Waals surface area (Å²) < 4.78 is 5.52.